The number of hydrogen-bond acceptors (Lipinski definition) is 5. The molecule has 1 N–H and O–H groups in total. The van der Waals surface area contributed by atoms with Gasteiger partial charge in [-0.15, -0.1) is 0 Å². The minimum atomic E-state index is 0.161. The van der Waals surface area contributed by atoms with E-state index in [4.69, 9.17) is 4.98 Å². The monoisotopic (exact) mass is 393 g/mol. The van der Waals surface area contributed by atoms with Crippen LogP contribution in [0.15, 0.2) is 91.6 Å². The number of anilines is 3. The minimum Gasteiger partial charge on any atom is -0.382 e. The summed E-state index contributed by atoms with van der Waals surface area (Å²) in [5.41, 5.74) is 5.90. The first-order valence-corrected chi connectivity index (χ1v) is 10.2. The third-order valence-electron chi connectivity index (χ3n) is 5.57. The van der Waals surface area contributed by atoms with Crippen LogP contribution in [-0.2, 0) is 6.42 Å². The molecule has 1 aromatic carbocycles. The molecule has 3 aromatic heterocycles. The molecule has 1 aliphatic rings. The molecule has 0 radical (unpaired) electrons. The molecule has 0 saturated heterocycles. The summed E-state index contributed by atoms with van der Waals surface area (Å²) in [6.07, 6.45) is 10.2. The van der Waals surface area contributed by atoms with Crippen molar-refractivity contribution >= 4 is 17.2 Å². The van der Waals surface area contributed by atoms with Crippen LogP contribution < -0.4 is 10.2 Å². The predicted octanol–water partition coefficient (Wildman–Crippen LogP) is 4.81. The summed E-state index contributed by atoms with van der Waals surface area (Å²) in [5, 5.41) is 3.49. The Hall–Kier alpha value is -3.73. The van der Waals surface area contributed by atoms with Crippen molar-refractivity contribution in [3.05, 3.63) is 108 Å². The lowest BCUT2D eigenvalue weighted by molar-refractivity contribution is 0.783. The van der Waals surface area contributed by atoms with E-state index in [1.807, 2.05) is 49.2 Å². The van der Waals surface area contributed by atoms with E-state index in [9.17, 15) is 0 Å². The maximum Gasteiger partial charge on any atom is 0.136 e. The van der Waals surface area contributed by atoms with Gasteiger partial charge in [0, 0.05) is 50.0 Å². The Morgan fingerprint density at radius 1 is 0.833 bits per heavy atom. The molecule has 5 nitrogen and oxygen atoms in total. The second-order valence-corrected chi connectivity index (χ2v) is 7.41. The molecular weight excluding hydrogens is 370 g/mol. The Morgan fingerprint density at radius 3 is 2.30 bits per heavy atom. The Bertz CT molecular complexity index is 1070. The second kappa shape index (κ2) is 8.33. The number of nitrogens with one attached hydrogen (secondary N) is 1. The molecule has 4 heterocycles. The van der Waals surface area contributed by atoms with Crippen LogP contribution in [0.3, 0.4) is 0 Å². The highest BCUT2D eigenvalue weighted by Crippen LogP contribution is 2.37. The molecule has 0 bridgehead atoms. The molecular formula is C25H23N5. The van der Waals surface area contributed by atoms with E-state index in [1.165, 1.54) is 22.4 Å². The first kappa shape index (κ1) is 18.3. The predicted molar refractivity (Wildman–Crippen MR) is 120 cm³/mol. The third kappa shape index (κ3) is 3.62. The average molecular weight is 393 g/mol. The molecule has 0 atom stereocenters. The number of pyridine rings is 3. The van der Waals surface area contributed by atoms with Crippen LogP contribution in [0.25, 0.3) is 0 Å². The van der Waals surface area contributed by atoms with Gasteiger partial charge < -0.3 is 10.2 Å². The summed E-state index contributed by atoms with van der Waals surface area (Å²) in [5.74, 6) is 1.18. The zero-order valence-electron chi connectivity index (χ0n) is 16.6. The van der Waals surface area contributed by atoms with E-state index < -0.39 is 0 Å². The number of aromatic nitrogens is 3. The van der Waals surface area contributed by atoms with Gasteiger partial charge in [-0.2, -0.15) is 0 Å². The quantitative estimate of drug-likeness (QED) is 0.527. The Labute approximate surface area is 176 Å². The van der Waals surface area contributed by atoms with Crippen molar-refractivity contribution in [2.75, 3.05) is 23.3 Å². The first-order valence-electron chi connectivity index (χ1n) is 10.2. The van der Waals surface area contributed by atoms with Crippen LogP contribution in [0.1, 0.15) is 22.6 Å². The smallest absolute Gasteiger partial charge is 0.136 e. The lowest BCUT2D eigenvalue weighted by atomic mass is 9.87. The molecule has 5 heteroatoms. The van der Waals surface area contributed by atoms with E-state index in [-0.39, 0.29) is 5.92 Å². The molecule has 0 amide bonds. The topological polar surface area (TPSA) is 53.9 Å². The normalized spacial score (nSPS) is 13.0. The summed E-state index contributed by atoms with van der Waals surface area (Å²) in [4.78, 5) is 15.9. The van der Waals surface area contributed by atoms with Gasteiger partial charge in [0.15, 0.2) is 0 Å². The zero-order chi connectivity index (χ0) is 20.2. The Kier molecular flexibility index (Phi) is 5.08. The van der Waals surface area contributed by atoms with Gasteiger partial charge in [-0.3, -0.25) is 9.97 Å². The van der Waals surface area contributed by atoms with Crippen molar-refractivity contribution < 1.29 is 0 Å². The summed E-state index contributed by atoms with van der Waals surface area (Å²) >= 11 is 0. The Balaban J connectivity index is 1.55. The molecule has 4 aromatic rings. The minimum absolute atomic E-state index is 0.161. The number of fused-ring (bicyclic) bond motifs is 1. The van der Waals surface area contributed by atoms with Gasteiger partial charge in [0.05, 0.1) is 11.4 Å². The van der Waals surface area contributed by atoms with Gasteiger partial charge in [-0.1, -0.05) is 30.3 Å². The molecule has 5 rings (SSSR count). The van der Waals surface area contributed by atoms with E-state index in [0.717, 1.165) is 31.0 Å². The summed E-state index contributed by atoms with van der Waals surface area (Å²) < 4.78 is 0. The first-order chi connectivity index (χ1) is 14.9. The largest absolute Gasteiger partial charge is 0.382 e. The van der Waals surface area contributed by atoms with Gasteiger partial charge in [-0.25, -0.2) is 4.98 Å². The van der Waals surface area contributed by atoms with Gasteiger partial charge in [0.1, 0.15) is 5.82 Å². The molecule has 1 aliphatic heterocycles. The van der Waals surface area contributed by atoms with Crippen molar-refractivity contribution in [3.63, 3.8) is 0 Å². The van der Waals surface area contributed by atoms with Gasteiger partial charge >= 0.3 is 0 Å². The highest BCUT2D eigenvalue weighted by Gasteiger charge is 2.23. The fourth-order valence-corrected chi connectivity index (χ4v) is 4.15. The molecule has 0 aliphatic carbocycles. The van der Waals surface area contributed by atoms with Crippen LogP contribution in [0.5, 0.6) is 0 Å². The number of nitrogens with zero attached hydrogens (tertiary/aromatic N) is 4. The zero-order valence-corrected chi connectivity index (χ0v) is 16.6. The number of benzene rings is 1. The molecule has 30 heavy (non-hydrogen) atoms. The number of rotatable bonds is 5. The van der Waals surface area contributed by atoms with Crippen molar-refractivity contribution in [3.8, 4) is 0 Å². The third-order valence-corrected chi connectivity index (χ3v) is 5.57. The summed E-state index contributed by atoms with van der Waals surface area (Å²) in [6, 6.07) is 20.9. The number of para-hydroxylation sites is 2. The lowest BCUT2D eigenvalue weighted by Gasteiger charge is -2.33. The molecule has 0 unspecified atom stereocenters. The van der Waals surface area contributed by atoms with Crippen LogP contribution in [0.4, 0.5) is 17.2 Å². The van der Waals surface area contributed by atoms with E-state index >= 15 is 0 Å². The van der Waals surface area contributed by atoms with Crippen molar-refractivity contribution in [1.82, 2.24) is 15.0 Å². The van der Waals surface area contributed by atoms with Crippen LogP contribution in [-0.4, -0.2) is 28.0 Å². The van der Waals surface area contributed by atoms with Crippen molar-refractivity contribution in [1.29, 1.82) is 0 Å². The van der Waals surface area contributed by atoms with Gasteiger partial charge in [-0.05, 0) is 53.4 Å². The fraction of sp³-hybridized carbons (Fsp3) is 0.160. The molecule has 0 spiro atoms. The van der Waals surface area contributed by atoms with Gasteiger partial charge in [0.2, 0.25) is 0 Å². The maximum atomic E-state index is 4.81. The van der Waals surface area contributed by atoms with Crippen molar-refractivity contribution in [2.45, 2.75) is 12.3 Å². The van der Waals surface area contributed by atoms with E-state index in [2.05, 4.69) is 62.6 Å². The maximum absolute atomic E-state index is 4.81. The summed E-state index contributed by atoms with van der Waals surface area (Å²) in [7, 11) is 0. The van der Waals surface area contributed by atoms with Crippen molar-refractivity contribution in [2.24, 2.45) is 0 Å². The van der Waals surface area contributed by atoms with E-state index in [1.54, 1.807) is 0 Å². The fourth-order valence-electron chi connectivity index (χ4n) is 4.15. The standard InChI is InChI=1S/C25H23N5/c1-2-10-24-23(9-1)28-14-15-30(24)25-19(6-5-13-29-25)16-22(20-7-3-11-26-17-20)21-8-4-12-27-18-21/h1-13,17-18,22,28H,14-16H2. The van der Waals surface area contributed by atoms with Gasteiger partial charge in [0.25, 0.3) is 0 Å². The molecule has 0 saturated carbocycles. The number of hydrogen-bond donors (Lipinski definition) is 1. The molecule has 0 fully saturated rings. The van der Waals surface area contributed by atoms with Crippen LogP contribution in [0.2, 0.25) is 0 Å². The summed E-state index contributed by atoms with van der Waals surface area (Å²) in [6.45, 7) is 1.77. The lowest BCUT2D eigenvalue weighted by Crippen LogP contribution is -2.31. The van der Waals surface area contributed by atoms with Crippen LogP contribution in [0, 0.1) is 0 Å². The molecule has 148 valence electrons. The highest BCUT2D eigenvalue weighted by molar-refractivity contribution is 5.78. The van der Waals surface area contributed by atoms with E-state index in [0.29, 0.717) is 0 Å². The average Bonchev–Trinajstić information content (AvgIpc) is 2.83. The highest BCUT2D eigenvalue weighted by atomic mass is 15.2. The SMILES string of the molecule is c1cncc(C(Cc2cccnc2N2CCNc3ccccc32)c2cccnc2)c1. The Morgan fingerprint density at radius 2 is 1.57 bits per heavy atom. The van der Waals surface area contributed by atoms with Crippen LogP contribution >= 0.6 is 0 Å². The second-order valence-electron chi connectivity index (χ2n) is 7.41.